The van der Waals surface area contributed by atoms with Crippen LogP contribution in [0.4, 0.5) is 0 Å². The van der Waals surface area contributed by atoms with Gasteiger partial charge in [-0.2, -0.15) is 0 Å². The first-order valence-corrected chi connectivity index (χ1v) is 4.24. The van der Waals surface area contributed by atoms with Crippen molar-refractivity contribution in [2.45, 2.75) is 38.5 Å². The number of unbranched alkanes of at least 4 members (excludes halogenated alkanes) is 5. The predicted molar refractivity (Wildman–Crippen MR) is 46.0 cm³/mol. The first-order valence-electron chi connectivity index (χ1n) is 4.24. The van der Waals surface area contributed by atoms with Crippen molar-refractivity contribution in [2.24, 2.45) is 4.99 Å². The first kappa shape index (κ1) is 10.4. The molecule has 0 aliphatic heterocycles. The highest BCUT2D eigenvalue weighted by atomic mass is 16.1. The van der Waals surface area contributed by atoms with Crippen molar-refractivity contribution in [2.75, 3.05) is 6.54 Å². The van der Waals surface area contributed by atoms with Gasteiger partial charge in [-0.1, -0.05) is 39.0 Å². The van der Waals surface area contributed by atoms with Crippen LogP contribution in [0.2, 0.25) is 0 Å². The van der Waals surface area contributed by atoms with Gasteiger partial charge in [0, 0.05) is 0 Å². The molecule has 0 atom stereocenters. The van der Waals surface area contributed by atoms with E-state index in [1.165, 1.54) is 31.8 Å². The summed E-state index contributed by atoms with van der Waals surface area (Å²) >= 11 is 0. The molecule has 0 saturated heterocycles. The molecule has 0 saturated carbocycles. The van der Waals surface area contributed by atoms with E-state index >= 15 is 0 Å². The fourth-order valence-corrected chi connectivity index (χ4v) is 0.944. The Morgan fingerprint density at radius 3 is 2.36 bits per heavy atom. The first-order chi connectivity index (χ1) is 5.41. The Hall–Kier alpha value is -0.620. The highest BCUT2D eigenvalue weighted by molar-refractivity contribution is 5.32. The number of isocyanates is 1. The van der Waals surface area contributed by atoms with Crippen molar-refractivity contribution in [3.05, 3.63) is 6.92 Å². The summed E-state index contributed by atoms with van der Waals surface area (Å²) in [5, 5.41) is 0. The van der Waals surface area contributed by atoms with E-state index in [9.17, 15) is 4.79 Å². The smallest absolute Gasteiger partial charge is 0.211 e. The Bertz CT molecular complexity index is 117. The Kier molecular flexibility index (Phi) is 8.85. The molecule has 0 rings (SSSR count). The number of rotatable bonds is 7. The molecule has 2 nitrogen and oxygen atoms in total. The predicted octanol–water partition coefficient (Wildman–Crippen LogP) is 2.50. The average molecular weight is 154 g/mol. The van der Waals surface area contributed by atoms with Gasteiger partial charge in [-0.05, 0) is 6.42 Å². The highest BCUT2D eigenvalue weighted by Gasteiger charge is 1.87. The molecule has 11 heavy (non-hydrogen) atoms. The summed E-state index contributed by atoms with van der Waals surface area (Å²) in [4.78, 5) is 13.1. The number of aliphatic imine (C=N–C) groups is 1. The van der Waals surface area contributed by atoms with E-state index in [0.717, 1.165) is 12.8 Å². The maximum Gasteiger partial charge on any atom is 0.234 e. The van der Waals surface area contributed by atoms with Gasteiger partial charge in [-0.25, -0.2) is 9.79 Å². The number of nitrogens with zero attached hydrogens (tertiary/aromatic N) is 1. The van der Waals surface area contributed by atoms with Crippen LogP contribution in [0.15, 0.2) is 4.99 Å². The monoisotopic (exact) mass is 154 g/mol. The molecule has 0 bridgehead atoms. The van der Waals surface area contributed by atoms with Crippen LogP contribution in [0.25, 0.3) is 0 Å². The summed E-state index contributed by atoms with van der Waals surface area (Å²) in [6, 6.07) is 0. The third-order valence-electron chi connectivity index (χ3n) is 1.58. The molecule has 0 aliphatic rings. The fraction of sp³-hybridized carbons (Fsp3) is 0.778. The van der Waals surface area contributed by atoms with Crippen LogP contribution in [0.5, 0.6) is 0 Å². The summed E-state index contributed by atoms with van der Waals surface area (Å²) in [7, 11) is 0. The van der Waals surface area contributed by atoms with Crippen LogP contribution in [0.3, 0.4) is 0 Å². The summed E-state index contributed by atoms with van der Waals surface area (Å²) in [6.45, 7) is 4.41. The second kappa shape index (κ2) is 9.38. The summed E-state index contributed by atoms with van der Waals surface area (Å²) in [6.07, 6.45) is 8.48. The topological polar surface area (TPSA) is 29.4 Å². The van der Waals surface area contributed by atoms with Gasteiger partial charge >= 0.3 is 0 Å². The molecular formula is C9H16NO. The van der Waals surface area contributed by atoms with Gasteiger partial charge < -0.3 is 0 Å². The largest absolute Gasteiger partial charge is 0.234 e. The number of hydrogen-bond donors (Lipinski definition) is 0. The van der Waals surface area contributed by atoms with Crippen LogP contribution < -0.4 is 0 Å². The minimum absolute atomic E-state index is 0.647. The Morgan fingerprint density at radius 1 is 1.09 bits per heavy atom. The molecule has 0 unspecified atom stereocenters. The number of hydrogen-bond acceptors (Lipinski definition) is 2. The lowest BCUT2D eigenvalue weighted by Crippen LogP contribution is -1.82. The van der Waals surface area contributed by atoms with Crippen molar-refractivity contribution >= 4 is 6.08 Å². The summed E-state index contributed by atoms with van der Waals surface area (Å²) in [5.74, 6) is 0. The zero-order valence-corrected chi connectivity index (χ0v) is 7.01. The van der Waals surface area contributed by atoms with Gasteiger partial charge in [0.25, 0.3) is 0 Å². The van der Waals surface area contributed by atoms with Crippen LogP contribution in [-0.4, -0.2) is 12.6 Å². The van der Waals surface area contributed by atoms with E-state index in [1.54, 1.807) is 0 Å². The molecule has 2 heteroatoms. The lowest BCUT2D eigenvalue weighted by molar-refractivity contribution is 0.560. The van der Waals surface area contributed by atoms with E-state index in [4.69, 9.17) is 0 Å². The van der Waals surface area contributed by atoms with Crippen LogP contribution >= 0.6 is 0 Å². The van der Waals surface area contributed by atoms with Gasteiger partial charge in [-0.3, -0.25) is 0 Å². The Morgan fingerprint density at radius 2 is 1.73 bits per heavy atom. The van der Waals surface area contributed by atoms with Gasteiger partial charge in [-0.15, -0.1) is 0 Å². The van der Waals surface area contributed by atoms with Crippen LogP contribution in [0, 0.1) is 6.92 Å². The molecule has 0 fully saturated rings. The zero-order chi connectivity index (χ0) is 8.36. The summed E-state index contributed by atoms with van der Waals surface area (Å²) in [5.41, 5.74) is 0. The standard InChI is InChI=1S/C9H16NO/c1-2-3-4-5-6-7-8-10-9-11/h1-8H2. The highest BCUT2D eigenvalue weighted by Crippen LogP contribution is 2.04. The lowest BCUT2D eigenvalue weighted by atomic mass is 10.1. The molecule has 0 aromatic rings. The van der Waals surface area contributed by atoms with Crippen molar-refractivity contribution in [3.8, 4) is 0 Å². The molecule has 1 radical (unpaired) electrons. The van der Waals surface area contributed by atoms with Gasteiger partial charge in [0.1, 0.15) is 0 Å². The molecule has 0 amide bonds. The minimum Gasteiger partial charge on any atom is -0.211 e. The molecule has 0 aromatic carbocycles. The molecule has 0 N–H and O–H groups in total. The van der Waals surface area contributed by atoms with Crippen LogP contribution in [-0.2, 0) is 4.79 Å². The third kappa shape index (κ3) is 9.38. The van der Waals surface area contributed by atoms with Crippen molar-refractivity contribution in [1.29, 1.82) is 0 Å². The fourth-order valence-electron chi connectivity index (χ4n) is 0.944. The maximum atomic E-state index is 9.64. The second-order valence-corrected chi connectivity index (χ2v) is 2.59. The zero-order valence-electron chi connectivity index (χ0n) is 7.01. The van der Waals surface area contributed by atoms with Gasteiger partial charge in [0.05, 0.1) is 6.54 Å². The van der Waals surface area contributed by atoms with Crippen molar-refractivity contribution < 1.29 is 4.79 Å². The Balaban J connectivity index is 2.84. The van der Waals surface area contributed by atoms with E-state index < -0.39 is 0 Å². The molecule has 0 aliphatic carbocycles. The SMILES string of the molecule is [CH2]CCCCCCCN=C=O. The second-order valence-electron chi connectivity index (χ2n) is 2.59. The van der Waals surface area contributed by atoms with E-state index in [-0.39, 0.29) is 0 Å². The molecule has 0 heterocycles. The van der Waals surface area contributed by atoms with E-state index in [2.05, 4.69) is 11.9 Å². The normalized spacial score (nSPS) is 9.18. The minimum atomic E-state index is 0.647. The van der Waals surface area contributed by atoms with Crippen molar-refractivity contribution in [3.63, 3.8) is 0 Å². The number of carbonyl (C=O) groups excluding carboxylic acids is 1. The molecular weight excluding hydrogens is 138 g/mol. The van der Waals surface area contributed by atoms with E-state index in [0.29, 0.717) is 6.54 Å². The van der Waals surface area contributed by atoms with Crippen molar-refractivity contribution in [1.82, 2.24) is 0 Å². The Labute approximate surface area is 68.7 Å². The molecule has 0 aromatic heterocycles. The summed E-state index contributed by atoms with van der Waals surface area (Å²) < 4.78 is 0. The molecule has 0 spiro atoms. The third-order valence-corrected chi connectivity index (χ3v) is 1.58. The lowest BCUT2D eigenvalue weighted by Gasteiger charge is -1.95. The van der Waals surface area contributed by atoms with Gasteiger partial charge in [0.15, 0.2) is 0 Å². The maximum absolute atomic E-state index is 9.64. The average Bonchev–Trinajstić information content (AvgIpc) is 2.03. The van der Waals surface area contributed by atoms with Gasteiger partial charge in [0.2, 0.25) is 6.08 Å². The van der Waals surface area contributed by atoms with Crippen LogP contribution in [0.1, 0.15) is 38.5 Å². The quantitative estimate of drug-likeness (QED) is 0.315. The molecule has 63 valence electrons. The van der Waals surface area contributed by atoms with E-state index in [1.807, 2.05) is 0 Å².